The Bertz CT molecular complexity index is 5610. The zero-order valence-electron chi connectivity index (χ0n) is 83.2. The molecule has 0 aromatic heterocycles. The molecule has 19 N–H and O–H groups in total. The normalized spacial score (nSPS) is 13.9. The van der Waals surface area contributed by atoms with Gasteiger partial charge < -0.3 is 93.8 Å². The number of carbonyl (C=O) groups excluding carboxylic acids is 18. The number of nitrogens with two attached hydrogens (primary N) is 3. The Labute approximate surface area is 854 Å². The third-order valence-corrected chi connectivity index (χ3v) is 23.4. The fourth-order valence-electron chi connectivity index (χ4n) is 16.3. The number of carboxylic acids is 1. The lowest BCUT2D eigenvalue weighted by Gasteiger charge is -2.25. The van der Waals surface area contributed by atoms with E-state index in [2.05, 4.69) is 64.3 Å². The van der Waals surface area contributed by atoms with Gasteiger partial charge in [-0.05, 0) is 205 Å². The summed E-state index contributed by atoms with van der Waals surface area (Å²) in [5.41, 5.74) is 34.8. The van der Waals surface area contributed by atoms with E-state index in [1.54, 1.807) is 41.5 Å². The minimum absolute atomic E-state index is 0.0794. The fourth-order valence-corrected chi connectivity index (χ4v) is 16.3. The summed E-state index contributed by atoms with van der Waals surface area (Å²) in [4.78, 5) is 246. The highest BCUT2D eigenvalue weighted by atomic mass is 16.7. The fraction of sp³-hybridized carbons (Fsp3) is 0.427. The topological polar surface area (TPSA) is 647 Å². The summed E-state index contributed by atoms with van der Waals surface area (Å²) in [6.45, 7) is 9.38. The van der Waals surface area contributed by atoms with Gasteiger partial charge in [-0.2, -0.15) is 16.4 Å². The molecule has 0 unspecified atom stereocenters. The molecular formula is C103H129N17O28. The third-order valence-electron chi connectivity index (χ3n) is 23.4. The van der Waals surface area contributed by atoms with Gasteiger partial charge in [0.25, 0.3) is 23.6 Å². The number of aliphatic carboxylic acids is 1. The number of imide groups is 2. The summed E-state index contributed by atoms with van der Waals surface area (Å²) in [5, 5.41) is 32.4. The average Bonchev–Trinajstić information content (AvgIpc) is 1.62. The van der Waals surface area contributed by atoms with Crippen LogP contribution in [0.15, 0.2) is 170 Å². The lowest BCUT2D eigenvalue weighted by molar-refractivity contribution is -0.141. The smallest absolute Gasteiger partial charge is 0.431 e. The maximum absolute atomic E-state index is 13.3. The van der Waals surface area contributed by atoms with E-state index in [1.165, 1.54) is 0 Å². The number of nitrogens with one attached hydrogen (secondary N) is 12. The maximum Gasteiger partial charge on any atom is 0.431 e. The minimum atomic E-state index is -1.17. The van der Waals surface area contributed by atoms with Crippen molar-refractivity contribution in [1.29, 1.82) is 0 Å². The van der Waals surface area contributed by atoms with Gasteiger partial charge >= 0.3 is 36.4 Å². The Morgan fingerprint density at radius 1 is 0.324 bits per heavy atom. The molecule has 6 aromatic carbocycles. The van der Waals surface area contributed by atoms with E-state index in [9.17, 15) is 96.2 Å². The van der Waals surface area contributed by atoms with Gasteiger partial charge in [-0.1, -0.05) is 146 Å². The van der Waals surface area contributed by atoms with Crippen LogP contribution in [0.1, 0.15) is 189 Å². The first-order valence-electron chi connectivity index (χ1n) is 48.5. The molecule has 0 bridgehead atoms. The van der Waals surface area contributed by atoms with Crippen molar-refractivity contribution in [3.8, 4) is 33.4 Å². The SMILES string of the molecule is CC(C)(C)OC(=O)N[C@@H](CCCCNC(=O)CONC(=O)OCC1c2ccccc2-c2ccccc21)C(=O)N[C@@H](CCCCNC(=O)CN1C(=O)C=CC1=O)C(N)=O.CC(C)(C)OC(=O)N[C@@H](CCCCNC(=O)CONC(=O)OCC1c2ccccc2-c2ccccc21)C(=O)O.NC(=O)[C@H](CCCCNC(=O)CN1C(=O)C=CC1=O)NC(=O)[C@@H](N)CCCCNC(=O)CONC(=O)OCC1c2ccccc2-c2ccccc21. The van der Waals surface area contributed by atoms with Gasteiger partial charge in [-0.3, -0.25) is 86.6 Å². The molecule has 2 heterocycles. The molecule has 2 aliphatic heterocycles. The van der Waals surface area contributed by atoms with Gasteiger partial charge in [0.15, 0.2) is 19.8 Å². The Balaban J connectivity index is 0.000000251. The molecule has 11 rings (SSSR count). The second-order valence-corrected chi connectivity index (χ2v) is 36.8. The van der Waals surface area contributed by atoms with E-state index in [0.29, 0.717) is 64.2 Å². The third kappa shape index (κ3) is 37.9. The summed E-state index contributed by atoms with van der Waals surface area (Å²) >= 11 is 0. The summed E-state index contributed by atoms with van der Waals surface area (Å²) < 4.78 is 26.5. The number of hydrogen-bond acceptors (Lipinski definition) is 28. The molecule has 5 aliphatic rings. The molecule has 45 heteroatoms. The summed E-state index contributed by atoms with van der Waals surface area (Å²) in [6, 6.07) is 42.6. The van der Waals surface area contributed by atoms with Crippen LogP contribution in [0.2, 0.25) is 0 Å². The number of carbonyl (C=O) groups is 19. The van der Waals surface area contributed by atoms with E-state index in [1.807, 2.05) is 146 Å². The largest absolute Gasteiger partial charge is 0.480 e. The number of benzene rings is 6. The van der Waals surface area contributed by atoms with Gasteiger partial charge in [0.2, 0.25) is 53.2 Å². The first kappa shape index (κ1) is 116. The van der Waals surface area contributed by atoms with Crippen molar-refractivity contribution in [3.63, 3.8) is 0 Å². The van der Waals surface area contributed by atoms with Crippen LogP contribution in [0.3, 0.4) is 0 Å². The number of primary amides is 2. The number of hydrogen-bond donors (Lipinski definition) is 16. The lowest BCUT2D eigenvalue weighted by Crippen LogP contribution is -2.53. The lowest BCUT2D eigenvalue weighted by atomic mass is 9.98. The van der Waals surface area contributed by atoms with Crippen molar-refractivity contribution < 1.29 is 134 Å². The minimum Gasteiger partial charge on any atom is -0.480 e. The molecule has 5 atom stereocenters. The van der Waals surface area contributed by atoms with Crippen LogP contribution in [-0.2, 0) is 105 Å². The van der Waals surface area contributed by atoms with Gasteiger partial charge in [-0.15, -0.1) is 0 Å². The van der Waals surface area contributed by atoms with Crippen LogP contribution in [0, 0.1) is 0 Å². The Morgan fingerprint density at radius 3 is 0.851 bits per heavy atom. The van der Waals surface area contributed by atoms with Crippen LogP contribution in [-0.4, -0.2) is 255 Å². The van der Waals surface area contributed by atoms with E-state index in [4.69, 9.17) is 55.4 Å². The van der Waals surface area contributed by atoms with Crippen molar-refractivity contribution in [3.05, 3.63) is 203 Å². The van der Waals surface area contributed by atoms with E-state index >= 15 is 0 Å². The van der Waals surface area contributed by atoms with E-state index in [0.717, 1.165) is 101 Å². The molecule has 6 aromatic rings. The van der Waals surface area contributed by atoms with Gasteiger partial charge in [-0.25, -0.2) is 28.8 Å². The number of carboxylic acid groups (broad SMARTS) is 1. The van der Waals surface area contributed by atoms with Crippen LogP contribution in [0.4, 0.5) is 24.0 Å². The molecule has 18 amide bonds. The van der Waals surface area contributed by atoms with Gasteiger partial charge in [0.05, 0.1) is 6.04 Å². The Kier molecular flexibility index (Phi) is 45.4. The number of hydroxylamine groups is 3. The van der Waals surface area contributed by atoms with Gasteiger partial charge in [0, 0.05) is 74.8 Å². The zero-order valence-corrected chi connectivity index (χ0v) is 83.2. The summed E-state index contributed by atoms with van der Waals surface area (Å²) in [5.74, 6) is -8.97. The number of rotatable bonds is 53. The van der Waals surface area contributed by atoms with Crippen LogP contribution < -0.4 is 81.5 Å². The van der Waals surface area contributed by atoms with Crippen molar-refractivity contribution in [2.24, 2.45) is 17.2 Å². The molecule has 0 spiro atoms. The van der Waals surface area contributed by atoms with Gasteiger partial charge in [0.1, 0.15) is 68.3 Å². The first-order valence-corrected chi connectivity index (χ1v) is 48.5. The first-order chi connectivity index (χ1) is 70.7. The predicted octanol–water partition coefficient (Wildman–Crippen LogP) is 5.79. The second-order valence-electron chi connectivity index (χ2n) is 36.8. The number of fused-ring (bicyclic) bond motifs is 9. The molecule has 0 saturated heterocycles. The molecule has 45 nitrogen and oxygen atoms in total. The van der Waals surface area contributed by atoms with E-state index < -0.39 is 181 Å². The highest BCUT2D eigenvalue weighted by Crippen LogP contribution is 2.47. The number of ether oxygens (including phenoxy) is 5. The molecule has 3 aliphatic carbocycles. The predicted molar refractivity (Wildman–Crippen MR) is 533 cm³/mol. The Hall–Kier alpha value is -16.0. The maximum atomic E-state index is 13.3. The monoisotopic (exact) mass is 2050 g/mol. The number of unbranched alkanes of at least 4 members (excludes halogenated alkanes) is 5. The highest BCUT2D eigenvalue weighted by Gasteiger charge is 2.36. The summed E-state index contributed by atoms with van der Waals surface area (Å²) in [7, 11) is 0. The van der Waals surface area contributed by atoms with Crippen molar-refractivity contribution in [2.45, 2.75) is 197 Å². The molecule has 0 fully saturated rings. The van der Waals surface area contributed by atoms with E-state index in [-0.39, 0.29) is 109 Å². The molecule has 0 saturated carbocycles. The Morgan fingerprint density at radius 2 is 0.574 bits per heavy atom. The second kappa shape index (κ2) is 58.2. The number of alkyl carbamates (subject to hydrolysis) is 2. The molecule has 148 heavy (non-hydrogen) atoms. The molecule has 794 valence electrons. The molecular weight excluding hydrogens is 1920 g/mol. The average molecular weight is 2050 g/mol. The highest BCUT2D eigenvalue weighted by molar-refractivity contribution is 6.15. The molecule has 0 radical (unpaired) electrons. The van der Waals surface area contributed by atoms with Crippen molar-refractivity contribution >= 4 is 113 Å². The zero-order chi connectivity index (χ0) is 107. The number of nitrogens with zero attached hydrogens (tertiary/aromatic N) is 2. The summed E-state index contributed by atoms with van der Waals surface area (Å²) in [6.07, 6.45) is 5.51. The van der Waals surface area contributed by atoms with Crippen molar-refractivity contribution in [1.82, 2.24) is 74.1 Å². The standard InChI is InChI=1S/C40H51N7O11.C35H43N7O9.C28H35N3O8/c1-40(2,3)58-38(54)45-31(37(53)44-30(36(41)52)16-8-10-20-42-32(48)22-47-34(50)18-19-35(47)51)17-9-11-21-43-33(49)24-57-46-39(55)56-23-29-27-14-6-4-12-25(27)26-13-5-7-15-28(26)29;36-27(34(48)40-28(33(37)47)14-6-8-17-38-29(43)19-42-31(45)15-16-32(42)46)13-5-7-18-39-30(44)21-51-41-35(49)50-20-26-24-11-3-1-9-22(24)23-10-2-4-12-25(23)26;1-28(2,3)39-26(35)30-23(25(33)34)14-8-9-15-29-24(32)17-38-31-27(36)37-16-22-20-12-6-4-10-18(20)19-11-5-7-13-21(19)22/h4-7,12-15,18-19,29-31H,8-11,16-17,20-24H2,1-3H3,(H2,41,52)(H,42,48)(H,43,49)(H,44,53)(H,45,54)(H,46,55);1-4,9-12,15-16,26-28H,5-8,13-14,17-21,36H2,(H2,37,47)(H,38,43)(H,39,44)(H,40,48)(H,41,49);4-7,10-13,22-23H,8-9,14-17H2,1-3H3,(H,29,32)(H,30,35)(H,31,36)(H,33,34)/t30-,31-;27-,28-;23-/m000/s1. The van der Waals surface area contributed by atoms with Crippen LogP contribution >= 0.6 is 0 Å². The van der Waals surface area contributed by atoms with Crippen molar-refractivity contribution in [2.75, 3.05) is 85.5 Å². The quantitative estimate of drug-likeness (QED) is 0.00929. The van der Waals surface area contributed by atoms with Crippen LogP contribution in [0.5, 0.6) is 0 Å². The van der Waals surface area contributed by atoms with Crippen LogP contribution in [0.25, 0.3) is 33.4 Å². The number of amides is 18.